The van der Waals surface area contributed by atoms with Gasteiger partial charge in [-0.2, -0.15) is 0 Å². The highest BCUT2D eigenvalue weighted by molar-refractivity contribution is 7.99. The molecule has 0 saturated carbocycles. The first-order valence-electron chi connectivity index (χ1n) is 4.26. The van der Waals surface area contributed by atoms with Gasteiger partial charge in [0.2, 0.25) is 0 Å². The molecular formula is C10H8FN3S. The molecule has 0 spiro atoms. The van der Waals surface area contributed by atoms with Crippen LogP contribution in [0.2, 0.25) is 0 Å². The van der Waals surface area contributed by atoms with Crippen LogP contribution in [0.3, 0.4) is 0 Å². The summed E-state index contributed by atoms with van der Waals surface area (Å²) in [6.07, 6.45) is 3.03. The Kier molecular flexibility index (Phi) is 2.82. The maximum Gasteiger partial charge on any atom is 0.156 e. The predicted molar refractivity (Wildman–Crippen MR) is 57.0 cm³/mol. The molecule has 2 aromatic rings. The second-order valence-electron chi connectivity index (χ2n) is 2.78. The average molecular weight is 221 g/mol. The molecule has 3 nitrogen and oxygen atoms in total. The molecule has 0 radical (unpaired) electrons. The Morgan fingerprint density at radius 1 is 1.13 bits per heavy atom. The van der Waals surface area contributed by atoms with Crippen LogP contribution in [0.15, 0.2) is 46.6 Å². The van der Waals surface area contributed by atoms with Crippen molar-refractivity contribution in [3.63, 3.8) is 0 Å². The topological polar surface area (TPSA) is 51.8 Å². The Morgan fingerprint density at radius 3 is 2.60 bits per heavy atom. The van der Waals surface area contributed by atoms with Gasteiger partial charge in [0.15, 0.2) is 5.82 Å². The minimum Gasteiger partial charge on any atom is -0.381 e. The Morgan fingerprint density at radius 2 is 1.87 bits per heavy atom. The van der Waals surface area contributed by atoms with Gasteiger partial charge in [0.05, 0.1) is 0 Å². The van der Waals surface area contributed by atoms with E-state index in [2.05, 4.69) is 9.97 Å². The van der Waals surface area contributed by atoms with Gasteiger partial charge < -0.3 is 5.73 Å². The normalized spacial score (nSPS) is 10.2. The van der Waals surface area contributed by atoms with Crippen molar-refractivity contribution in [1.82, 2.24) is 9.97 Å². The van der Waals surface area contributed by atoms with Gasteiger partial charge in [-0.3, -0.25) is 0 Å². The number of nitrogens with zero attached hydrogens (tertiary/aromatic N) is 2. The fourth-order valence-corrected chi connectivity index (χ4v) is 1.84. The molecule has 2 rings (SSSR count). The van der Waals surface area contributed by atoms with Gasteiger partial charge in [-0.1, -0.05) is 23.9 Å². The third kappa shape index (κ3) is 2.24. The van der Waals surface area contributed by atoms with Gasteiger partial charge in [0, 0.05) is 17.3 Å². The monoisotopic (exact) mass is 221 g/mol. The lowest BCUT2D eigenvalue weighted by Gasteiger charge is -2.03. The Balaban J connectivity index is 2.30. The number of anilines is 1. The van der Waals surface area contributed by atoms with Crippen LogP contribution in [0, 0.1) is 5.82 Å². The summed E-state index contributed by atoms with van der Waals surface area (Å²) in [5.41, 5.74) is 5.60. The molecule has 1 aromatic heterocycles. The van der Waals surface area contributed by atoms with E-state index in [1.54, 1.807) is 18.2 Å². The molecule has 2 N–H and O–H groups in total. The van der Waals surface area contributed by atoms with Crippen molar-refractivity contribution < 1.29 is 4.39 Å². The van der Waals surface area contributed by atoms with Crippen molar-refractivity contribution in [1.29, 1.82) is 0 Å². The van der Waals surface area contributed by atoms with Crippen LogP contribution in [-0.2, 0) is 0 Å². The summed E-state index contributed by atoms with van der Waals surface area (Å²) in [6, 6.07) is 6.47. The first-order valence-corrected chi connectivity index (χ1v) is 5.08. The van der Waals surface area contributed by atoms with E-state index in [1.165, 1.54) is 30.2 Å². The minimum atomic E-state index is -0.285. The molecule has 1 aromatic carbocycles. The standard InChI is InChI=1S/C10H8FN3S/c11-7-3-1-2-4-8(7)15-10-9(12)13-5-6-14-10/h1-6H,(H2,12,13). The number of nitrogens with two attached hydrogens (primary N) is 1. The van der Waals surface area contributed by atoms with Crippen molar-refractivity contribution in [3.05, 3.63) is 42.5 Å². The zero-order valence-corrected chi connectivity index (χ0v) is 8.54. The lowest BCUT2D eigenvalue weighted by atomic mass is 10.3. The molecule has 0 amide bonds. The van der Waals surface area contributed by atoms with Crippen LogP contribution < -0.4 is 5.73 Å². The van der Waals surface area contributed by atoms with E-state index in [0.29, 0.717) is 15.7 Å². The highest BCUT2D eigenvalue weighted by atomic mass is 32.2. The van der Waals surface area contributed by atoms with E-state index in [0.717, 1.165) is 0 Å². The fraction of sp³-hybridized carbons (Fsp3) is 0. The largest absolute Gasteiger partial charge is 0.381 e. The molecular weight excluding hydrogens is 213 g/mol. The van der Waals surface area contributed by atoms with Crippen molar-refractivity contribution >= 4 is 17.6 Å². The van der Waals surface area contributed by atoms with Crippen LogP contribution in [0.25, 0.3) is 0 Å². The third-order valence-electron chi connectivity index (χ3n) is 1.73. The van der Waals surface area contributed by atoms with E-state index in [4.69, 9.17) is 5.73 Å². The van der Waals surface area contributed by atoms with Gasteiger partial charge in [-0.25, -0.2) is 14.4 Å². The summed E-state index contributed by atoms with van der Waals surface area (Å²) in [5, 5.41) is 0.516. The fourth-order valence-electron chi connectivity index (χ4n) is 1.05. The van der Waals surface area contributed by atoms with Crippen LogP contribution >= 0.6 is 11.8 Å². The minimum absolute atomic E-state index is 0.285. The van der Waals surface area contributed by atoms with Crippen molar-refractivity contribution in [2.24, 2.45) is 0 Å². The summed E-state index contributed by atoms with van der Waals surface area (Å²) < 4.78 is 13.3. The summed E-state index contributed by atoms with van der Waals surface area (Å²) in [6.45, 7) is 0. The summed E-state index contributed by atoms with van der Waals surface area (Å²) in [4.78, 5) is 8.39. The second kappa shape index (κ2) is 4.27. The number of aromatic nitrogens is 2. The molecule has 0 aliphatic rings. The number of halogens is 1. The van der Waals surface area contributed by atoms with Crippen molar-refractivity contribution in [2.75, 3.05) is 5.73 Å². The molecule has 5 heteroatoms. The van der Waals surface area contributed by atoms with Crippen LogP contribution in [-0.4, -0.2) is 9.97 Å². The lowest BCUT2D eigenvalue weighted by molar-refractivity contribution is 0.602. The second-order valence-corrected chi connectivity index (χ2v) is 3.81. The van der Waals surface area contributed by atoms with Crippen molar-refractivity contribution in [2.45, 2.75) is 9.92 Å². The van der Waals surface area contributed by atoms with Crippen LogP contribution in [0.1, 0.15) is 0 Å². The third-order valence-corrected chi connectivity index (χ3v) is 2.79. The van der Waals surface area contributed by atoms with Gasteiger partial charge in [-0.05, 0) is 12.1 Å². The molecule has 76 valence electrons. The van der Waals surface area contributed by atoms with E-state index in [-0.39, 0.29) is 5.82 Å². The van der Waals surface area contributed by atoms with Crippen LogP contribution in [0.5, 0.6) is 0 Å². The number of benzene rings is 1. The molecule has 0 bridgehead atoms. The van der Waals surface area contributed by atoms with Gasteiger partial charge in [-0.15, -0.1) is 0 Å². The van der Waals surface area contributed by atoms with Gasteiger partial charge in [0.1, 0.15) is 10.8 Å². The highest BCUT2D eigenvalue weighted by Crippen LogP contribution is 2.30. The molecule has 1 heterocycles. The van der Waals surface area contributed by atoms with Crippen LogP contribution in [0.4, 0.5) is 10.2 Å². The number of hydrogen-bond donors (Lipinski definition) is 1. The van der Waals surface area contributed by atoms with Gasteiger partial charge in [0.25, 0.3) is 0 Å². The summed E-state index contributed by atoms with van der Waals surface area (Å²) in [7, 11) is 0. The Hall–Kier alpha value is -1.62. The molecule has 15 heavy (non-hydrogen) atoms. The van der Waals surface area contributed by atoms with E-state index in [1.807, 2.05) is 0 Å². The SMILES string of the molecule is Nc1nccnc1Sc1ccccc1F. The maximum atomic E-state index is 13.3. The molecule has 0 unspecified atom stereocenters. The highest BCUT2D eigenvalue weighted by Gasteiger charge is 2.07. The van der Waals surface area contributed by atoms with E-state index in [9.17, 15) is 4.39 Å². The van der Waals surface area contributed by atoms with E-state index >= 15 is 0 Å². The van der Waals surface area contributed by atoms with Crippen molar-refractivity contribution in [3.8, 4) is 0 Å². The van der Waals surface area contributed by atoms with E-state index < -0.39 is 0 Å². The first kappa shape index (κ1) is 9.92. The summed E-state index contributed by atoms with van der Waals surface area (Å²) in [5.74, 6) is 0.0262. The molecule has 0 saturated heterocycles. The molecule has 0 aliphatic carbocycles. The maximum absolute atomic E-state index is 13.3. The Labute approximate surface area is 90.6 Å². The van der Waals surface area contributed by atoms with Gasteiger partial charge >= 0.3 is 0 Å². The molecule has 0 atom stereocenters. The Bertz CT molecular complexity index is 432. The quantitative estimate of drug-likeness (QED) is 0.845. The summed E-state index contributed by atoms with van der Waals surface area (Å²) >= 11 is 1.17. The lowest BCUT2D eigenvalue weighted by Crippen LogP contribution is -1.94. The molecule has 0 aliphatic heterocycles. The number of nitrogen functional groups attached to an aromatic ring is 1. The molecule has 0 fully saturated rings. The first-order chi connectivity index (χ1) is 7.27. The zero-order chi connectivity index (χ0) is 10.7. The average Bonchev–Trinajstić information content (AvgIpc) is 2.24. The smallest absolute Gasteiger partial charge is 0.156 e. The number of hydrogen-bond acceptors (Lipinski definition) is 4. The number of rotatable bonds is 2. The predicted octanol–water partition coefficient (Wildman–Crippen LogP) is 2.35. The zero-order valence-electron chi connectivity index (χ0n) is 7.72.